The summed E-state index contributed by atoms with van der Waals surface area (Å²) in [6.45, 7) is 0.430. The first-order valence-electron chi connectivity index (χ1n) is 4.08. The van der Waals surface area contributed by atoms with E-state index in [2.05, 4.69) is 5.38 Å². The van der Waals surface area contributed by atoms with Crippen LogP contribution in [0, 0.1) is 16.7 Å². The van der Waals surface area contributed by atoms with E-state index < -0.39 is 12.0 Å². The van der Waals surface area contributed by atoms with E-state index in [-0.39, 0.29) is 0 Å². The van der Waals surface area contributed by atoms with Crippen LogP contribution in [0.5, 0.6) is 0 Å². The van der Waals surface area contributed by atoms with Crippen molar-refractivity contribution in [2.45, 2.75) is 12.5 Å². The molecule has 5 heteroatoms. The first-order chi connectivity index (χ1) is 6.74. The van der Waals surface area contributed by atoms with Crippen LogP contribution in [0.25, 0.3) is 0 Å². The zero-order valence-corrected chi connectivity index (χ0v) is 8.06. The van der Waals surface area contributed by atoms with E-state index in [0.717, 1.165) is 10.4 Å². The number of carbonyl (C=O) groups is 1. The fourth-order valence-corrected chi connectivity index (χ4v) is 2.47. The Morgan fingerprint density at radius 2 is 2.57 bits per heavy atom. The normalized spacial score (nSPS) is 19.8. The minimum Gasteiger partial charge on any atom is -0.367 e. The smallest absolute Gasteiger partial charge is 0.252 e. The summed E-state index contributed by atoms with van der Waals surface area (Å²) in [5.41, 5.74) is 6.56. The van der Waals surface area contributed by atoms with Crippen LogP contribution in [0.4, 0.5) is 0 Å². The van der Waals surface area contributed by atoms with Crippen LogP contribution in [0.1, 0.15) is 22.1 Å². The Kier molecular flexibility index (Phi) is 2.23. The predicted molar refractivity (Wildman–Crippen MR) is 49.5 cm³/mol. The molecule has 1 aromatic heterocycles. The Bertz CT molecular complexity index is 419. The Balaban J connectivity index is 2.47. The number of nitriles is 1. The molecular weight excluding hydrogens is 200 g/mol. The molecule has 0 bridgehead atoms. The maximum absolute atomic E-state index is 11.0. The van der Waals surface area contributed by atoms with Crippen molar-refractivity contribution in [3.05, 3.63) is 21.4 Å². The first kappa shape index (κ1) is 9.19. The number of nitrogens with two attached hydrogens (primary N) is 1. The lowest BCUT2D eigenvalue weighted by atomic mass is 10.0. The number of hydrogen-bond acceptors (Lipinski definition) is 4. The summed E-state index contributed by atoms with van der Waals surface area (Å²) in [5, 5.41) is 11.6. The fourth-order valence-electron chi connectivity index (χ4n) is 1.47. The Hall–Kier alpha value is -1.38. The standard InChI is InChI=1S/C9H7N2O2S/c10-3-5-4-14-8-6(5)1-2-13-7(8)9(11)12/h7H,1-2H2,(H2,11,12). The van der Waals surface area contributed by atoms with Gasteiger partial charge in [0, 0.05) is 4.88 Å². The van der Waals surface area contributed by atoms with Gasteiger partial charge >= 0.3 is 0 Å². The van der Waals surface area contributed by atoms with Gasteiger partial charge in [0.15, 0.2) is 6.10 Å². The van der Waals surface area contributed by atoms with E-state index in [1.807, 2.05) is 6.07 Å². The molecule has 2 heterocycles. The second-order valence-corrected chi connectivity index (χ2v) is 3.79. The van der Waals surface area contributed by atoms with Gasteiger partial charge in [-0.05, 0) is 12.0 Å². The van der Waals surface area contributed by atoms with Crippen molar-refractivity contribution < 1.29 is 9.53 Å². The van der Waals surface area contributed by atoms with Crippen LogP contribution in [-0.2, 0) is 16.0 Å². The summed E-state index contributed by atoms with van der Waals surface area (Å²) < 4.78 is 5.23. The highest BCUT2D eigenvalue weighted by Gasteiger charge is 2.29. The SMILES string of the molecule is N#Cc1[c]sc2c1CCOC2C(N)=O. The first-order valence-corrected chi connectivity index (χ1v) is 4.90. The topological polar surface area (TPSA) is 76.1 Å². The number of amides is 1. The molecule has 1 aliphatic rings. The molecule has 4 nitrogen and oxygen atoms in total. The predicted octanol–water partition coefficient (Wildman–Crippen LogP) is 0.519. The fraction of sp³-hybridized carbons (Fsp3) is 0.333. The largest absolute Gasteiger partial charge is 0.367 e. The summed E-state index contributed by atoms with van der Waals surface area (Å²) in [5.74, 6) is -0.509. The molecule has 0 saturated heterocycles. The molecule has 71 valence electrons. The van der Waals surface area contributed by atoms with Gasteiger partial charge in [-0.1, -0.05) is 0 Å². The molecule has 0 aliphatic carbocycles. The van der Waals surface area contributed by atoms with Gasteiger partial charge in [0.05, 0.1) is 17.6 Å². The number of ether oxygens (including phenoxy) is 1. The lowest BCUT2D eigenvalue weighted by molar-refractivity contribution is -0.130. The average molecular weight is 207 g/mol. The highest BCUT2D eigenvalue weighted by Crippen LogP contribution is 2.33. The third-order valence-corrected chi connectivity index (χ3v) is 3.09. The van der Waals surface area contributed by atoms with Gasteiger partial charge in [-0.2, -0.15) is 5.26 Å². The van der Waals surface area contributed by atoms with Crippen LogP contribution < -0.4 is 5.73 Å². The van der Waals surface area contributed by atoms with Crippen LogP contribution in [0.15, 0.2) is 0 Å². The third-order valence-electron chi connectivity index (χ3n) is 2.11. The molecule has 1 amide bonds. The second-order valence-electron chi connectivity index (χ2n) is 2.94. The minimum atomic E-state index is -0.693. The minimum absolute atomic E-state index is 0.430. The number of carbonyl (C=O) groups excluding carboxylic acids is 1. The van der Waals surface area contributed by atoms with Crippen LogP contribution in [0.3, 0.4) is 0 Å². The van der Waals surface area contributed by atoms with Gasteiger partial charge in [-0.3, -0.25) is 4.79 Å². The molecule has 0 aromatic carbocycles. The number of fused-ring (bicyclic) bond motifs is 1. The number of nitrogens with zero attached hydrogens (tertiary/aromatic N) is 1. The maximum atomic E-state index is 11.0. The summed E-state index contributed by atoms with van der Waals surface area (Å²) in [6.07, 6.45) is -0.0377. The molecule has 1 unspecified atom stereocenters. The highest BCUT2D eigenvalue weighted by atomic mass is 32.1. The molecule has 2 rings (SSSR count). The van der Waals surface area contributed by atoms with Crippen molar-refractivity contribution in [2.75, 3.05) is 6.61 Å². The Labute approximate surface area is 84.9 Å². The molecule has 0 spiro atoms. The van der Waals surface area contributed by atoms with Crippen molar-refractivity contribution in [1.82, 2.24) is 0 Å². The Morgan fingerprint density at radius 3 is 3.21 bits per heavy atom. The van der Waals surface area contributed by atoms with E-state index in [1.165, 1.54) is 11.3 Å². The van der Waals surface area contributed by atoms with E-state index in [9.17, 15) is 4.79 Å². The number of thiophene rings is 1. The van der Waals surface area contributed by atoms with Gasteiger partial charge in [0.25, 0.3) is 5.91 Å². The molecule has 0 fully saturated rings. The molecule has 1 aromatic rings. The van der Waals surface area contributed by atoms with E-state index in [1.54, 1.807) is 0 Å². The van der Waals surface area contributed by atoms with E-state index in [4.69, 9.17) is 15.7 Å². The summed E-state index contributed by atoms with van der Waals surface area (Å²) in [4.78, 5) is 11.8. The van der Waals surface area contributed by atoms with Crippen molar-refractivity contribution >= 4 is 17.2 Å². The second kappa shape index (κ2) is 3.40. The molecule has 2 N–H and O–H groups in total. The van der Waals surface area contributed by atoms with Crippen molar-refractivity contribution in [1.29, 1.82) is 5.26 Å². The zero-order chi connectivity index (χ0) is 10.1. The molecule has 0 saturated carbocycles. The molecular formula is C9H7N2O2S. The third kappa shape index (κ3) is 1.29. The highest BCUT2D eigenvalue weighted by molar-refractivity contribution is 7.10. The molecule has 1 aliphatic heterocycles. The van der Waals surface area contributed by atoms with E-state index >= 15 is 0 Å². The van der Waals surface area contributed by atoms with Crippen LogP contribution in [-0.4, -0.2) is 12.5 Å². The van der Waals surface area contributed by atoms with Crippen LogP contribution in [0.2, 0.25) is 0 Å². The van der Waals surface area contributed by atoms with Gasteiger partial charge in [-0.25, -0.2) is 0 Å². The quantitative estimate of drug-likeness (QED) is 0.729. The monoisotopic (exact) mass is 207 g/mol. The number of hydrogen-bond donors (Lipinski definition) is 1. The summed E-state index contributed by atoms with van der Waals surface area (Å²) in [6, 6.07) is 2.04. The lowest BCUT2D eigenvalue weighted by Gasteiger charge is -2.20. The Morgan fingerprint density at radius 1 is 1.79 bits per heavy atom. The van der Waals surface area contributed by atoms with Crippen molar-refractivity contribution in [2.24, 2.45) is 5.73 Å². The summed E-state index contributed by atoms with van der Waals surface area (Å²) in [7, 11) is 0. The average Bonchev–Trinajstić information content (AvgIpc) is 2.59. The van der Waals surface area contributed by atoms with Gasteiger partial charge in [-0.15, -0.1) is 11.3 Å². The zero-order valence-electron chi connectivity index (χ0n) is 7.24. The van der Waals surface area contributed by atoms with E-state index in [0.29, 0.717) is 18.6 Å². The van der Waals surface area contributed by atoms with Gasteiger partial charge in [0.2, 0.25) is 0 Å². The van der Waals surface area contributed by atoms with Crippen LogP contribution >= 0.6 is 11.3 Å². The molecule has 14 heavy (non-hydrogen) atoms. The number of primary amides is 1. The van der Waals surface area contributed by atoms with Crippen molar-refractivity contribution in [3.63, 3.8) is 0 Å². The number of rotatable bonds is 1. The van der Waals surface area contributed by atoms with Crippen molar-refractivity contribution in [3.8, 4) is 6.07 Å². The molecule has 1 radical (unpaired) electrons. The maximum Gasteiger partial charge on any atom is 0.252 e. The lowest BCUT2D eigenvalue weighted by Crippen LogP contribution is -2.27. The molecule has 1 atom stereocenters. The summed E-state index contributed by atoms with van der Waals surface area (Å²) >= 11 is 1.24. The van der Waals surface area contributed by atoms with Gasteiger partial charge < -0.3 is 10.5 Å². The van der Waals surface area contributed by atoms with Gasteiger partial charge in [0.1, 0.15) is 6.07 Å².